The molecular formula is C16H20ClNO4. The molecule has 0 spiro atoms. The van der Waals surface area contributed by atoms with Gasteiger partial charge in [0.25, 0.3) is 0 Å². The second-order valence-corrected chi connectivity index (χ2v) is 6.03. The molecule has 1 amide bonds. The minimum absolute atomic E-state index is 0.0984. The predicted molar refractivity (Wildman–Crippen MR) is 83.0 cm³/mol. The summed E-state index contributed by atoms with van der Waals surface area (Å²) in [4.78, 5) is 23.7. The lowest BCUT2D eigenvalue weighted by molar-refractivity contribution is -0.141. The van der Waals surface area contributed by atoms with Crippen molar-refractivity contribution in [3.8, 4) is 0 Å². The number of ether oxygens (including phenoxy) is 1. The number of benzene rings is 1. The average molecular weight is 326 g/mol. The zero-order valence-electron chi connectivity index (χ0n) is 12.5. The van der Waals surface area contributed by atoms with Gasteiger partial charge in [0.2, 0.25) is 5.91 Å². The largest absolute Gasteiger partial charge is 0.481 e. The molecule has 0 aliphatic carbocycles. The number of carboxylic acids is 1. The van der Waals surface area contributed by atoms with E-state index in [0.717, 1.165) is 5.56 Å². The minimum atomic E-state index is -0.931. The van der Waals surface area contributed by atoms with E-state index in [9.17, 15) is 9.59 Å². The maximum absolute atomic E-state index is 12.8. The van der Waals surface area contributed by atoms with Gasteiger partial charge in [-0.05, 0) is 24.5 Å². The molecular weight excluding hydrogens is 306 g/mol. The highest BCUT2D eigenvalue weighted by molar-refractivity contribution is 6.31. The molecule has 120 valence electrons. The Balaban J connectivity index is 2.24. The molecule has 2 rings (SSSR count). The zero-order chi connectivity index (χ0) is 16.2. The van der Waals surface area contributed by atoms with Crippen LogP contribution in [0, 0.1) is 5.92 Å². The number of rotatable bonds is 5. The van der Waals surface area contributed by atoms with Crippen molar-refractivity contribution in [3.63, 3.8) is 0 Å². The molecule has 1 heterocycles. The molecule has 1 saturated heterocycles. The number of halogens is 1. The van der Waals surface area contributed by atoms with E-state index < -0.39 is 17.3 Å². The van der Waals surface area contributed by atoms with Crippen LogP contribution >= 0.6 is 11.6 Å². The van der Waals surface area contributed by atoms with Crippen molar-refractivity contribution in [2.24, 2.45) is 5.92 Å². The molecule has 1 aromatic carbocycles. The molecule has 0 radical (unpaired) electrons. The van der Waals surface area contributed by atoms with E-state index in [4.69, 9.17) is 21.4 Å². The topological polar surface area (TPSA) is 75.6 Å². The first-order valence-electron chi connectivity index (χ1n) is 7.31. The molecule has 6 heteroatoms. The third-order valence-electron chi connectivity index (χ3n) is 4.16. The smallest absolute Gasteiger partial charge is 0.308 e. The van der Waals surface area contributed by atoms with Crippen molar-refractivity contribution in [3.05, 3.63) is 34.9 Å². The number of nitrogens with one attached hydrogen (secondary N) is 1. The van der Waals surface area contributed by atoms with E-state index in [2.05, 4.69) is 5.32 Å². The number of hydrogen-bond acceptors (Lipinski definition) is 3. The quantitative estimate of drug-likeness (QED) is 0.870. The molecule has 1 fully saturated rings. The number of amides is 1. The molecule has 0 unspecified atom stereocenters. The number of hydrogen-bond donors (Lipinski definition) is 2. The van der Waals surface area contributed by atoms with Crippen LogP contribution in [-0.4, -0.2) is 36.7 Å². The lowest BCUT2D eigenvalue weighted by Crippen LogP contribution is -2.49. The highest BCUT2D eigenvalue weighted by Crippen LogP contribution is 2.38. The van der Waals surface area contributed by atoms with Crippen molar-refractivity contribution in [1.29, 1.82) is 0 Å². The van der Waals surface area contributed by atoms with Crippen LogP contribution in [0.3, 0.4) is 0 Å². The van der Waals surface area contributed by atoms with E-state index in [-0.39, 0.29) is 12.5 Å². The Kier molecular flexibility index (Phi) is 5.42. The molecule has 5 nitrogen and oxygen atoms in total. The molecule has 1 aliphatic heterocycles. The van der Waals surface area contributed by atoms with Crippen LogP contribution in [0.1, 0.15) is 25.3 Å². The van der Waals surface area contributed by atoms with Gasteiger partial charge in [0, 0.05) is 24.8 Å². The molecule has 1 aliphatic rings. The Morgan fingerprint density at radius 3 is 2.59 bits per heavy atom. The van der Waals surface area contributed by atoms with Crippen LogP contribution in [0.4, 0.5) is 0 Å². The maximum Gasteiger partial charge on any atom is 0.308 e. The van der Waals surface area contributed by atoms with E-state index in [0.29, 0.717) is 31.1 Å². The molecule has 0 saturated carbocycles. The van der Waals surface area contributed by atoms with E-state index in [1.54, 1.807) is 13.0 Å². The summed E-state index contributed by atoms with van der Waals surface area (Å²) in [5, 5.41) is 12.3. The Morgan fingerprint density at radius 2 is 2.00 bits per heavy atom. The van der Waals surface area contributed by atoms with Gasteiger partial charge in [-0.1, -0.05) is 36.7 Å². The standard InChI is InChI=1S/C16H20ClNO4/c1-11(14(19)20)10-18-15(21)16(6-8-22-9-7-16)12-4-2-3-5-13(12)17/h2-5,11H,6-10H2,1H3,(H,18,21)(H,19,20)/t11-/m0/s1. The molecule has 1 atom stereocenters. The van der Waals surface area contributed by atoms with Crippen LogP contribution in [0.5, 0.6) is 0 Å². The fraction of sp³-hybridized carbons (Fsp3) is 0.500. The summed E-state index contributed by atoms with van der Waals surface area (Å²) in [6.45, 7) is 2.62. The second-order valence-electron chi connectivity index (χ2n) is 5.62. The van der Waals surface area contributed by atoms with Gasteiger partial charge in [-0.3, -0.25) is 9.59 Å². The van der Waals surface area contributed by atoms with Crippen LogP contribution in [0.25, 0.3) is 0 Å². The zero-order valence-corrected chi connectivity index (χ0v) is 13.2. The van der Waals surface area contributed by atoms with Gasteiger partial charge in [0.15, 0.2) is 0 Å². The summed E-state index contributed by atoms with van der Waals surface area (Å²) in [6, 6.07) is 7.30. The number of carboxylic acid groups (broad SMARTS) is 1. The lowest BCUT2D eigenvalue weighted by atomic mass is 9.73. The van der Waals surface area contributed by atoms with Gasteiger partial charge >= 0.3 is 5.97 Å². The third kappa shape index (κ3) is 3.42. The first-order chi connectivity index (χ1) is 10.5. The van der Waals surface area contributed by atoms with E-state index in [1.807, 2.05) is 18.2 Å². The highest BCUT2D eigenvalue weighted by Gasteiger charge is 2.43. The fourth-order valence-corrected chi connectivity index (χ4v) is 3.01. The molecule has 22 heavy (non-hydrogen) atoms. The molecule has 2 N–H and O–H groups in total. The van der Waals surface area contributed by atoms with Crippen LogP contribution in [0.15, 0.2) is 24.3 Å². The van der Waals surface area contributed by atoms with Crippen LogP contribution in [0.2, 0.25) is 5.02 Å². The SMILES string of the molecule is C[C@@H](CNC(=O)C1(c2ccccc2Cl)CCOCC1)C(=O)O. The van der Waals surface area contributed by atoms with Gasteiger partial charge in [0.1, 0.15) is 0 Å². The molecule has 1 aromatic rings. The summed E-state index contributed by atoms with van der Waals surface area (Å²) in [5.41, 5.74) is 0.0230. The first kappa shape index (κ1) is 16.8. The number of aliphatic carboxylic acids is 1. The predicted octanol–water partition coefficient (Wildman–Crippen LogP) is 2.23. The van der Waals surface area contributed by atoms with Crippen LogP contribution in [-0.2, 0) is 19.7 Å². The van der Waals surface area contributed by atoms with Crippen molar-refractivity contribution < 1.29 is 19.4 Å². The van der Waals surface area contributed by atoms with Crippen molar-refractivity contribution in [2.45, 2.75) is 25.2 Å². The normalized spacial score (nSPS) is 18.5. The molecule has 0 bridgehead atoms. The van der Waals surface area contributed by atoms with E-state index >= 15 is 0 Å². The summed E-state index contributed by atoms with van der Waals surface area (Å²) in [5.74, 6) is -1.75. The summed E-state index contributed by atoms with van der Waals surface area (Å²) < 4.78 is 5.38. The van der Waals surface area contributed by atoms with E-state index in [1.165, 1.54) is 0 Å². The van der Waals surface area contributed by atoms with Crippen LogP contribution < -0.4 is 5.32 Å². The van der Waals surface area contributed by atoms with Crippen molar-refractivity contribution in [2.75, 3.05) is 19.8 Å². The lowest BCUT2D eigenvalue weighted by Gasteiger charge is -2.37. The Labute approximate surface area is 134 Å². The number of carbonyl (C=O) groups is 2. The Morgan fingerprint density at radius 1 is 1.36 bits per heavy atom. The first-order valence-corrected chi connectivity index (χ1v) is 7.69. The summed E-state index contributed by atoms with van der Waals surface area (Å²) in [7, 11) is 0. The average Bonchev–Trinajstić information content (AvgIpc) is 2.53. The minimum Gasteiger partial charge on any atom is -0.481 e. The summed E-state index contributed by atoms with van der Waals surface area (Å²) in [6.07, 6.45) is 1.06. The van der Waals surface area contributed by atoms with Gasteiger partial charge in [-0.2, -0.15) is 0 Å². The Hall–Kier alpha value is -1.59. The summed E-state index contributed by atoms with van der Waals surface area (Å²) >= 11 is 6.29. The fourth-order valence-electron chi connectivity index (χ4n) is 2.69. The highest BCUT2D eigenvalue weighted by atomic mass is 35.5. The maximum atomic E-state index is 12.8. The second kappa shape index (κ2) is 7.11. The van der Waals surface area contributed by atoms with Gasteiger partial charge in [0.05, 0.1) is 11.3 Å². The third-order valence-corrected chi connectivity index (χ3v) is 4.49. The number of carbonyl (C=O) groups excluding carboxylic acids is 1. The van der Waals surface area contributed by atoms with Crippen molar-refractivity contribution >= 4 is 23.5 Å². The van der Waals surface area contributed by atoms with Gasteiger partial charge in [-0.25, -0.2) is 0 Å². The van der Waals surface area contributed by atoms with Crippen molar-refractivity contribution in [1.82, 2.24) is 5.32 Å². The monoisotopic (exact) mass is 325 g/mol. The molecule has 0 aromatic heterocycles. The van der Waals surface area contributed by atoms with Gasteiger partial charge < -0.3 is 15.2 Å². The van der Waals surface area contributed by atoms with Gasteiger partial charge in [-0.15, -0.1) is 0 Å². The Bertz CT molecular complexity index is 555.